The normalized spacial score (nSPS) is 15.7. The third-order valence-electron chi connectivity index (χ3n) is 5.31. The fraction of sp³-hybridized carbons (Fsp3) is 0.286. The van der Waals surface area contributed by atoms with Crippen molar-refractivity contribution in [1.29, 1.82) is 0 Å². The van der Waals surface area contributed by atoms with E-state index < -0.39 is 5.41 Å². The zero-order valence-corrected chi connectivity index (χ0v) is 14.9. The minimum absolute atomic E-state index is 0.0799. The lowest BCUT2D eigenvalue weighted by Gasteiger charge is -2.28. The van der Waals surface area contributed by atoms with Gasteiger partial charge < -0.3 is 9.88 Å². The quantitative estimate of drug-likeness (QED) is 0.778. The first kappa shape index (κ1) is 16.5. The van der Waals surface area contributed by atoms with Gasteiger partial charge in [0.05, 0.1) is 5.41 Å². The predicted molar refractivity (Wildman–Crippen MR) is 102 cm³/mol. The molecule has 1 aliphatic carbocycles. The zero-order chi connectivity index (χ0) is 18.0. The molecule has 0 radical (unpaired) electrons. The molecule has 5 nitrogen and oxygen atoms in total. The lowest BCUT2D eigenvalue weighted by molar-refractivity contribution is -0.121. The van der Waals surface area contributed by atoms with Gasteiger partial charge in [-0.15, -0.1) is 10.2 Å². The molecule has 132 valence electrons. The second-order valence-corrected chi connectivity index (χ2v) is 6.96. The minimum atomic E-state index is -0.429. The first-order valence-electron chi connectivity index (χ1n) is 9.00. The molecule has 0 unspecified atom stereocenters. The highest BCUT2D eigenvalue weighted by Crippen LogP contribution is 2.42. The number of benzene rings is 2. The van der Waals surface area contributed by atoms with Crippen LogP contribution < -0.4 is 5.32 Å². The number of hydrogen-bond acceptors (Lipinski definition) is 3. The first-order valence-corrected chi connectivity index (χ1v) is 9.00. The van der Waals surface area contributed by atoms with Crippen LogP contribution in [0.15, 0.2) is 60.9 Å². The smallest absolute Gasteiger partial charge is 0.235 e. The predicted octanol–water partition coefficient (Wildman–Crippen LogP) is 3.93. The molecule has 5 heteroatoms. The van der Waals surface area contributed by atoms with E-state index in [-0.39, 0.29) is 5.91 Å². The topological polar surface area (TPSA) is 59.8 Å². The number of nitrogens with zero attached hydrogens (tertiary/aromatic N) is 3. The van der Waals surface area contributed by atoms with Gasteiger partial charge in [0, 0.05) is 18.3 Å². The highest BCUT2D eigenvalue weighted by Gasteiger charge is 2.42. The molecule has 1 saturated carbocycles. The Labute approximate surface area is 153 Å². The second kappa shape index (κ2) is 6.75. The third-order valence-corrected chi connectivity index (χ3v) is 5.31. The van der Waals surface area contributed by atoms with Crippen LogP contribution in [-0.2, 0) is 17.3 Å². The standard InChI is InChI=1S/C21H22N4O/c1-25-15-22-24-19(25)16-8-7-11-18(14-16)23-20(26)21(12-5-6-13-21)17-9-3-2-4-10-17/h2-4,7-11,14-15H,5-6,12-13H2,1H3,(H,23,26). The molecule has 1 N–H and O–H groups in total. The van der Waals surface area contributed by atoms with Crippen LogP contribution >= 0.6 is 0 Å². The van der Waals surface area contributed by atoms with Crippen LogP contribution in [0.1, 0.15) is 31.2 Å². The molecular weight excluding hydrogens is 324 g/mol. The minimum Gasteiger partial charge on any atom is -0.325 e. The lowest BCUT2D eigenvalue weighted by Crippen LogP contribution is -2.37. The number of aryl methyl sites for hydroxylation is 1. The number of amides is 1. The van der Waals surface area contributed by atoms with Gasteiger partial charge in [0.25, 0.3) is 0 Å². The van der Waals surface area contributed by atoms with E-state index in [4.69, 9.17) is 0 Å². The van der Waals surface area contributed by atoms with E-state index in [0.29, 0.717) is 0 Å². The molecule has 1 fully saturated rings. The average Bonchev–Trinajstić information content (AvgIpc) is 3.32. The molecule has 0 spiro atoms. The summed E-state index contributed by atoms with van der Waals surface area (Å²) in [6.07, 6.45) is 5.63. The summed E-state index contributed by atoms with van der Waals surface area (Å²) in [6.45, 7) is 0. The van der Waals surface area contributed by atoms with Crippen molar-refractivity contribution in [2.24, 2.45) is 7.05 Å². The molecule has 0 bridgehead atoms. The number of anilines is 1. The zero-order valence-electron chi connectivity index (χ0n) is 14.9. The maximum atomic E-state index is 13.3. The molecule has 3 aromatic rings. The van der Waals surface area contributed by atoms with Crippen molar-refractivity contribution in [2.75, 3.05) is 5.32 Å². The maximum Gasteiger partial charge on any atom is 0.235 e. The van der Waals surface area contributed by atoms with Crippen molar-refractivity contribution in [3.63, 3.8) is 0 Å². The summed E-state index contributed by atoms with van der Waals surface area (Å²) in [5, 5.41) is 11.2. The van der Waals surface area contributed by atoms with Gasteiger partial charge in [-0.05, 0) is 30.5 Å². The molecule has 0 saturated heterocycles. The first-order chi connectivity index (χ1) is 12.7. The van der Waals surface area contributed by atoms with Crippen LogP contribution in [-0.4, -0.2) is 20.7 Å². The van der Waals surface area contributed by atoms with Gasteiger partial charge in [-0.25, -0.2) is 0 Å². The highest BCUT2D eigenvalue weighted by atomic mass is 16.2. The number of hydrogen-bond donors (Lipinski definition) is 1. The summed E-state index contributed by atoms with van der Waals surface area (Å²) in [6, 6.07) is 17.9. The molecule has 26 heavy (non-hydrogen) atoms. The molecule has 1 aromatic heterocycles. The number of nitrogens with one attached hydrogen (secondary N) is 1. The molecule has 2 aromatic carbocycles. The summed E-state index contributed by atoms with van der Waals surface area (Å²) in [7, 11) is 1.91. The third kappa shape index (κ3) is 2.90. The summed E-state index contributed by atoms with van der Waals surface area (Å²) in [4.78, 5) is 13.3. The second-order valence-electron chi connectivity index (χ2n) is 6.96. The number of aromatic nitrogens is 3. The van der Waals surface area contributed by atoms with Crippen molar-refractivity contribution < 1.29 is 4.79 Å². The van der Waals surface area contributed by atoms with E-state index in [2.05, 4.69) is 27.6 Å². The van der Waals surface area contributed by atoms with Crippen molar-refractivity contribution in [3.8, 4) is 11.4 Å². The Morgan fingerprint density at radius 3 is 2.54 bits per heavy atom. The molecule has 0 atom stereocenters. The van der Waals surface area contributed by atoms with Crippen LogP contribution in [0.3, 0.4) is 0 Å². The molecular formula is C21H22N4O. The van der Waals surface area contributed by atoms with Gasteiger partial charge in [-0.3, -0.25) is 4.79 Å². The monoisotopic (exact) mass is 346 g/mol. The van der Waals surface area contributed by atoms with Crippen molar-refractivity contribution in [1.82, 2.24) is 14.8 Å². The van der Waals surface area contributed by atoms with E-state index >= 15 is 0 Å². The van der Waals surface area contributed by atoms with Crippen molar-refractivity contribution in [2.45, 2.75) is 31.1 Å². The summed E-state index contributed by atoms with van der Waals surface area (Å²) >= 11 is 0. The maximum absolute atomic E-state index is 13.3. The largest absolute Gasteiger partial charge is 0.325 e. The Morgan fingerprint density at radius 2 is 1.85 bits per heavy atom. The fourth-order valence-corrected chi connectivity index (χ4v) is 3.91. The van der Waals surface area contributed by atoms with Gasteiger partial charge in [0.2, 0.25) is 5.91 Å². The SMILES string of the molecule is Cn1cnnc1-c1cccc(NC(=O)C2(c3ccccc3)CCCC2)c1. The lowest BCUT2D eigenvalue weighted by atomic mass is 9.78. The van der Waals surface area contributed by atoms with Crippen LogP contribution in [0.4, 0.5) is 5.69 Å². The fourth-order valence-electron chi connectivity index (χ4n) is 3.91. The average molecular weight is 346 g/mol. The van der Waals surface area contributed by atoms with Gasteiger partial charge >= 0.3 is 0 Å². The molecule has 0 aliphatic heterocycles. The molecule has 4 rings (SSSR count). The molecule has 1 heterocycles. The Bertz CT molecular complexity index is 911. The van der Waals surface area contributed by atoms with Crippen LogP contribution in [0.2, 0.25) is 0 Å². The van der Waals surface area contributed by atoms with Crippen LogP contribution in [0.25, 0.3) is 11.4 Å². The van der Waals surface area contributed by atoms with E-state index in [1.807, 2.05) is 54.1 Å². The van der Waals surface area contributed by atoms with Crippen LogP contribution in [0.5, 0.6) is 0 Å². The number of carbonyl (C=O) groups excluding carboxylic acids is 1. The van der Waals surface area contributed by atoms with E-state index in [1.165, 1.54) is 0 Å². The molecule has 1 amide bonds. The number of rotatable bonds is 4. The molecule has 1 aliphatic rings. The van der Waals surface area contributed by atoms with Gasteiger partial charge in [-0.2, -0.15) is 0 Å². The van der Waals surface area contributed by atoms with E-state index in [9.17, 15) is 4.79 Å². The van der Waals surface area contributed by atoms with Gasteiger partial charge in [-0.1, -0.05) is 55.3 Å². The van der Waals surface area contributed by atoms with E-state index in [1.54, 1.807) is 6.33 Å². The Kier molecular flexibility index (Phi) is 4.29. The number of carbonyl (C=O) groups is 1. The van der Waals surface area contributed by atoms with Gasteiger partial charge in [0.15, 0.2) is 5.82 Å². The van der Waals surface area contributed by atoms with Crippen molar-refractivity contribution >= 4 is 11.6 Å². The van der Waals surface area contributed by atoms with Crippen LogP contribution in [0, 0.1) is 0 Å². The van der Waals surface area contributed by atoms with Crippen molar-refractivity contribution in [3.05, 3.63) is 66.5 Å². The summed E-state index contributed by atoms with van der Waals surface area (Å²) < 4.78 is 1.86. The Morgan fingerprint density at radius 1 is 1.08 bits per heavy atom. The summed E-state index contributed by atoms with van der Waals surface area (Å²) in [5.41, 5.74) is 2.40. The van der Waals surface area contributed by atoms with E-state index in [0.717, 1.165) is 48.3 Å². The Balaban J connectivity index is 1.62. The van der Waals surface area contributed by atoms with Gasteiger partial charge in [0.1, 0.15) is 6.33 Å². The highest BCUT2D eigenvalue weighted by molar-refractivity contribution is 5.99. The summed E-state index contributed by atoms with van der Waals surface area (Å²) in [5.74, 6) is 0.857. The Hall–Kier alpha value is -2.95.